The van der Waals surface area contributed by atoms with Crippen LogP contribution in [0.25, 0.3) is 0 Å². The highest BCUT2D eigenvalue weighted by Gasteiger charge is 2.37. The summed E-state index contributed by atoms with van der Waals surface area (Å²) in [6, 6.07) is 2.81. The van der Waals surface area contributed by atoms with Crippen molar-refractivity contribution in [3.63, 3.8) is 0 Å². The Morgan fingerprint density at radius 1 is 1.53 bits per heavy atom. The first kappa shape index (κ1) is 14.3. The number of nitrogens with zero attached hydrogens (tertiary/aromatic N) is 1. The molecule has 2 rings (SSSR count). The molecule has 2 heterocycles. The van der Waals surface area contributed by atoms with E-state index in [0.717, 1.165) is 6.07 Å². The molecule has 1 radical (unpaired) electrons. The molecule has 0 aromatic carbocycles. The van der Waals surface area contributed by atoms with E-state index in [9.17, 15) is 13.2 Å². The minimum atomic E-state index is -4.48. The Kier molecular flexibility index (Phi) is 4.12. The number of ether oxygens (including phenoxy) is 1. The molecular weight excluding hydrogens is 279 g/mol. The molecule has 1 aliphatic heterocycles. The molecule has 1 atom stereocenters. The van der Waals surface area contributed by atoms with Crippen molar-refractivity contribution in [3.8, 4) is 5.88 Å². The molecule has 0 fully saturated rings. The highest BCUT2D eigenvalue weighted by Crippen LogP contribution is 2.34. The van der Waals surface area contributed by atoms with Crippen LogP contribution in [0.4, 0.5) is 13.2 Å². The third-order valence-corrected chi connectivity index (χ3v) is 5.15. The second kappa shape index (κ2) is 5.47. The summed E-state index contributed by atoms with van der Waals surface area (Å²) in [5.41, 5.74) is -0.621. The summed E-state index contributed by atoms with van der Waals surface area (Å²) in [4.78, 5) is 3.50. The Morgan fingerprint density at radius 3 is 2.84 bits per heavy atom. The number of aliphatic hydroxyl groups is 1. The van der Waals surface area contributed by atoms with Gasteiger partial charge in [-0.1, -0.05) is 6.07 Å². The van der Waals surface area contributed by atoms with Gasteiger partial charge in [-0.05, 0) is 12.1 Å². The van der Waals surface area contributed by atoms with Gasteiger partial charge in [-0.15, -0.1) is 0 Å². The van der Waals surface area contributed by atoms with E-state index >= 15 is 0 Å². The third-order valence-electron chi connectivity index (χ3n) is 2.87. The normalized spacial score (nSPS) is 18.5. The van der Waals surface area contributed by atoms with Crippen molar-refractivity contribution in [3.05, 3.63) is 23.4 Å². The number of aliphatic hydroxyl groups excluding tert-OH is 1. The van der Waals surface area contributed by atoms with Crippen LogP contribution in [0.3, 0.4) is 0 Å². The predicted molar refractivity (Wildman–Crippen MR) is 62.0 cm³/mol. The van der Waals surface area contributed by atoms with Gasteiger partial charge in [0.15, 0.2) is 0 Å². The lowest BCUT2D eigenvalue weighted by Gasteiger charge is -2.17. The van der Waals surface area contributed by atoms with E-state index in [4.69, 9.17) is 14.3 Å². The number of fused-ring (bicyclic) bond motifs is 1. The Labute approximate surface area is 109 Å². The van der Waals surface area contributed by atoms with Crippen molar-refractivity contribution in [2.24, 2.45) is 0 Å². The Balaban J connectivity index is 2.16. The lowest BCUT2D eigenvalue weighted by molar-refractivity contribution is -0.141. The summed E-state index contributed by atoms with van der Waals surface area (Å²) in [5, 5.41) is 8.92. The maximum absolute atomic E-state index is 12.5. The molecule has 0 saturated heterocycles. The van der Waals surface area contributed by atoms with Crippen LogP contribution in [0.15, 0.2) is 12.1 Å². The minimum Gasteiger partial charge on any atom is -0.475 e. The zero-order valence-electron chi connectivity index (χ0n) is 10.2. The van der Waals surface area contributed by atoms with Gasteiger partial charge in [0.25, 0.3) is 9.04 Å². The van der Waals surface area contributed by atoms with Crippen LogP contribution in [0.1, 0.15) is 11.3 Å². The van der Waals surface area contributed by atoms with E-state index in [-0.39, 0.29) is 18.2 Å². The summed E-state index contributed by atoms with van der Waals surface area (Å²) in [5.74, 6) is 0.0253. The molecule has 1 aromatic rings. The van der Waals surface area contributed by atoms with E-state index in [1.54, 1.807) is 0 Å². The topological polar surface area (TPSA) is 51.6 Å². The maximum Gasteiger partial charge on any atom is 0.433 e. The van der Waals surface area contributed by atoms with Crippen LogP contribution in [0.5, 0.6) is 5.88 Å². The van der Waals surface area contributed by atoms with Crippen LogP contribution in [-0.2, 0) is 17.0 Å². The van der Waals surface area contributed by atoms with Crippen molar-refractivity contribution in [1.29, 1.82) is 0 Å². The third kappa shape index (κ3) is 3.07. The van der Waals surface area contributed by atoms with Gasteiger partial charge < -0.3 is 14.3 Å². The van der Waals surface area contributed by atoms with E-state index in [1.165, 1.54) is 13.2 Å². The van der Waals surface area contributed by atoms with E-state index in [2.05, 4.69) is 4.98 Å². The minimum absolute atomic E-state index is 0.0253. The van der Waals surface area contributed by atoms with Gasteiger partial charge in [-0.25, -0.2) is 4.98 Å². The van der Waals surface area contributed by atoms with Crippen LogP contribution in [0.2, 0.25) is 6.04 Å². The quantitative estimate of drug-likeness (QED) is 0.856. The first-order valence-corrected chi connectivity index (χ1v) is 7.39. The summed E-state index contributed by atoms with van der Waals surface area (Å²) in [6.07, 6.45) is -4.00. The predicted octanol–water partition coefficient (Wildman–Crippen LogP) is 1.57. The lowest BCUT2D eigenvalue weighted by Crippen LogP contribution is -2.37. The Bertz CT molecular complexity index is 455. The fourth-order valence-electron chi connectivity index (χ4n) is 1.94. The summed E-state index contributed by atoms with van der Waals surface area (Å²) < 4.78 is 48.3. The Morgan fingerprint density at radius 2 is 2.26 bits per heavy atom. The first-order valence-electron chi connectivity index (χ1n) is 5.70. The zero-order valence-corrected chi connectivity index (χ0v) is 11.2. The largest absolute Gasteiger partial charge is 0.475 e. The standard InChI is InChI=1S/C11H13F3NO3Si/c1-17-19(5-4-16)9-6-7-2-3-8(11(12,13)14)15-10(7)18-9/h2-3,9,16H,4-6H2,1H3/t9-/m0/s1. The second-order valence-electron chi connectivity index (χ2n) is 4.11. The van der Waals surface area contributed by atoms with Gasteiger partial charge in [0.05, 0.1) is 0 Å². The van der Waals surface area contributed by atoms with Gasteiger partial charge in [-0.3, -0.25) is 0 Å². The van der Waals surface area contributed by atoms with Crippen molar-refractivity contribution in [2.45, 2.75) is 24.4 Å². The zero-order chi connectivity index (χ0) is 14.0. The smallest absolute Gasteiger partial charge is 0.433 e. The SMILES string of the molecule is CO[Si](CCO)[C@H]1Cc2ccc(C(F)(F)F)nc2O1. The summed E-state index contributed by atoms with van der Waals surface area (Å²) in [7, 11) is 0.0986. The van der Waals surface area contributed by atoms with Crippen molar-refractivity contribution in [2.75, 3.05) is 13.7 Å². The number of hydrogen-bond acceptors (Lipinski definition) is 4. The van der Waals surface area contributed by atoms with Gasteiger partial charge in [0, 0.05) is 25.7 Å². The lowest BCUT2D eigenvalue weighted by atomic mass is 10.2. The molecule has 1 aromatic heterocycles. The van der Waals surface area contributed by atoms with E-state index < -0.39 is 20.9 Å². The highest BCUT2D eigenvalue weighted by atomic mass is 28.3. The molecule has 0 bridgehead atoms. The number of rotatable bonds is 4. The van der Waals surface area contributed by atoms with Crippen molar-refractivity contribution >= 4 is 9.04 Å². The molecule has 1 N–H and O–H groups in total. The molecular formula is C11H13F3NO3Si. The summed E-state index contributed by atoms with van der Waals surface area (Å²) in [6.45, 7) is -0.0282. The number of pyridine rings is 1. The fraction of sp³-hybridized carbons (Fsp3) is 0.545. The van der Waals surface area contributed by atoms with Gasteiger partial charge >= 0.3 is 6.18 Å². The van der Waals surface area contributed by atoms with E-state index in [0.29, 0.717) is 18.0 Å². The first-order chi connectivity index (χ1) is 8.95. The summed E-state index contributed by atoms with van der Waals surface area (Å²) >= 11 is 0. The average molecular weight is 292 g/mol. The Hall–Kier alpha value is -1.12. The van der Waals surface area contributed by atoms with E-state index in [1.807, 2.05) is 0 Å². The van der Waals surface area contributed by atoms with Crippen molar-refractivity contribution < 1.29 is 27.4 Å². The molecule has 0 aliphatic carbocycles. The van der Waals surface area contributed by atoms with Gasteiger partial charge in [0.1, 0.15) is 11.4 Å². The monoisotopic (exact) mass is 292 g/mol. The maximum atomic E-state index is 12.5. The highest BCUT2D eigenvalue weighted by molar-refractivity contribution is 6.53. The van der Waals surface area contributed by atoms with Gasteiger partial charge in [0.2, 0.25) is 5.88 Å². The van der Waals surface area contributed by atoms with Gasteiger partial charge in [-0.2, -0.15) is 13.2 Å². The van der Waals surface area contributed by atoms with Crippen LogP contribution >= 0.6 is 0 Å². The average Bonchev–Trinajstić information content (AvgIpc) is 2.77. The number of aromatic nitrogens is 1. The molecule has 4 nitrogen and oxygen atoms in total. The molecule has 19 heavy (non-hydrogen) atoms. The molecule has 0 unspecified atom stereocenters. The molecule has 0 spiro atoms. The molecule has 1 aliphatic rings. The number of hydrogen-bond donors (Lipinski definition) is 1. The molecule has 8 heteroatoms. The van der Waals surface area contributed by atoms with Crippen LogP contribution < -0.4 is 4.74 Å². The fourth-order valence-corrected chi connectivity index (χ4v) is 3.64. The van der Waals surface area contributed by atoms with Crippen LogP contribution in [0, 0.1) is 0 Å². The number of alkyl halides is 3. The molecule has 0 amide bonds. The molecule has 105 valence electrons. The van der Waals surface area contributed by atoms with Crippen LogP contribution in [-0.4, -0.2) is 38.6 Å². The number of halogens is 3. The molecule has 0 saturated carbocycles. The van der Waals surface area contributed by atoms with Crippen molar-refractivity contribution in [1.82, 2.24) is 4.98 Å². The second-order valence-corrected chi connectivity index (χ2v) is 6.60.